The van der Waals surface area contributed by atoms with Gasteiger partial charge in [-0.05, 0) is 36.9 Å². The van der Waals surface area contributed by atoms with Gasteiger partial charge in [-0.2, -0.15) is 0 Å². The number of hydrogen-bond donors (Lipinski definition) is 1. The normalized spacial score (nSPS) is 16.4. The van der Waals surface area contributed by atoms with Crippen molar-refractivity contribution in [2.45, 2.75) is 45.6 Å². The van der Waals surface area contributed by atoms with Crippen molar-refractivity contribution < 1.29 is 4.39 Å². The van der Waals surface area contributed by atoms with Crippen molar-refractivity contribution >= 4 is 5.69 Å². The van der Waals surface area contributed by atoms with E-state index in [9.17, 15) is 4.39 Å². The Morgan fingerprint density at radius 2 is 2.00 bits per heavy atom. The maximum Gasteiger partial charge on any atom is 0.146 e. The predicted octanol–water partition coefficient (Wildman–Crippen LogP) is 3.95. The van der Waals surface area contributed by atoms with E-state index < -0.39 is 0 Å². The van der Waals surface area contributed by atoms with Crippen molar-refractivity contribution in [1.82, 2.24) is 5.32 Å². The van der Waals surface area contributed by atoms with Crippen LogP contribution in [0.3, 0.4) is 0 Å². The van der Waals surface area contributed by atoms with Gasteiger partial charge in [0.05, 0.1) is 5.69 Å². The first-order chi connectivity index (χ1) is 9.72. The van der Waals surface area contributed by atoms with E-state index in [0.29, 0.717) is 0 Å². The average Bonchev–Trinajstić information content (AvgIpc) is 2.46. The maximum atomic E-state index is 14.2. The van der Waals surface area contributed by atoms with Crippen molar-refractivity contribution in [3.63, 3.8) is 0 Å². The molecule has 1 fully saturated rings. The van der Waals surface area contributed by atoms with Crippen LogP contribution < -0.4 is 10.2 Å². The summed E-state index contributed by atoms with van der Waals surface area (Å²) in [5, 5.41) is 3.30. The average molecular weight is 278 g/mol. The van der Waals surface area contributed by atoms with E-state index in [4.69, 9.17) is 0 Å². The van der Waals surface area contributed by atoms with Gasteiger partial charge < -0.3 is 10.2 Å². The third kappa shape index (κ3) is 3.95. The molecule has 0 bridgehead atoms. The molecule has 0 aromatic heterocycles. The van der Waals surface area contributed by atoms with Gasteiger partial charge in [-0.25, -0.2) is 4.39 Å². The number of rotatable bonds is 6. The van der Waals surface area contributed by atoms with Crippen LogP contribution in [0.1, 0.15) is 44.6 Å². The van der Waals surface area contributed by atoms with Gasteiger partial charge in [-0.15, -0.1) is 0 Å². The van der Waals surface area contributed by atoms with Crippen molar-refractivity contribution in [3.8, 4) is 0 Å². The summed E-state index contributed by atoms with van der Waals surface area (Å²) in [6.45, 7) is 4.69. The number of halogens is 1. The van der Waals surface area contributed by atoms with Crippen LogP contribution in [0.5, 0.6) is 0 Å². The highest BCUT2D eigenvalue weighted by molar-refractivity contribution is 5.54. The lowest BCUT2D eigenvalue weighted by molar-refractivity contribution is 0.361. The fourth-order valence-corrected chi connectivity index (χ4v) is 3.24. The highest BCUT2D eigenvalue weighted by atomic mass is 19.1. The second-order valence-electron chi connectivity index (χ2n) is 5.91. The Labute approximate surface area is 122 Å². The van der Waals surface area contributed by atoms with Crippen molar-refractivity contribution in [2.24, 2.45) is 5.92 Å². The quantitative estimate of drug-likeness (QED) is 0.847. The lowest BCUT2D eigenvalue weighted by Gasteiger charge is -2.30. The molecule has 0 atom stereocenters. The molecule has 1 aromatic carbocycles. The molecule has 2 nitrogen and oxygen atoms in total. The smallest absolute Gasteiger partial charge is 0.146 e. The van der Waals surface area contributed by atoms with Crippen LogP contribution in [0.25, 0.3) is 0 Å². The molecule has 20 heavy (non-hydrogen) atoms. The van der Waals surface area contributed by atoms with E-state index >= 15 is 0 Å². The molecule has 0 aliphatic heterocycles. The van der Waals surface area contributed by atoms with E-state index in [1.54, 1.807) is 12.1 Å². The number of benzene rings is 1. The lowest BCUT2D eigenvalue weighted by atomic mass is 9.89. The molecular formula is C17H27FN2. The molecule has 0 amide bonds. The van der Waals surface area contributed by atoms with Gasteiger partial charge in [0.15, 0.2) is 0 Å². The number of hydrogen-bond acceptors (Lipinski definition) is 2. The van der Waals surface area contributed by atoms with Crippen LogP contribution >= 0.6 is 0 Å². The Morgan fingerprint density at radius 3 is 2.70 bits per heavy atom. The van der Waals surface area contributed by atoms with Gasteiger partial charge in [0.2, 0.25) is 0 Å². The Bertz CT molecular complexity index is 413. The molecule has 1 aliphatic rings. The summed E-state index contributed by atoms with van der Waals surface area (Å²) in [5.74, 6) is 0.624. The molecule has 3 heteroatoms. The van der Waals surface area contributed by atoms with Gasteiger partial charge in [0.25, 0.3) is 0 Å². The molecule has 0 spiro atoms. The summed E-state index contributed by atoms with van der Waals surface area (Å²) in [7, 11) is 2.03. The molecule has 1 saturated carbocycles. The molecule has 112 valence electrons. The monoisotopic (exact) mass is 278 g/mol. The fraction of sp³-hybridized carbons (Fsp3) is 0.647. The van der Waals surface area contributed by atoms with Crippen LogP contribution in [-0.4, -0.2) is 20.1 Å². The van der Waals surface area contributed by atoms with Crippen LogP contribution in [0.2, 0.25) is 0 Å². The van der Waals surface area contributed by atoms with E-state index in [2.05, 4.69) is 17.1 Å². The number of anilines is 1. The summed E-state index contributed by atoms with van der Waals surface area (Å²) in [5.41, 5.74) is 1.84. The Balaban J connectivity index is 2.08. The third-order valence-electron chi connectivity index (χ3n) is 4.27. The molecular weight excluding hydrogens is 251 g/mol. The summed E-state index contributed by atoms with van der Waals surface area (Å²) >= 11 is 0. The van der Waals surface area contributed by atoms with E-state index in [1.165, 1.54) is 32.1 Å². The van der Waals surface area contributed by atoms with E-state index in [-0.39, 0.29) is 5.82 Å². The number of para-hydroxylation sites is 1. The molecule has 1 aromatic rings. The highest BCUT2D eigenvalue weighted by Gasteiger charge is 2.19. The molecule has 0 unspecified atom stereocenters. The van der Waals surface area contributed by atoms with Crippen molar-refractivity contribution in [3.05, 3.63) is 29.6 Å². The minimum absolute atomic E-state index is 0.0984. The van der Waals surface area contributed by atoms with Crippen LogP contribution in [0, 0.1) is 11.7 Å². The van der Waals surface area contributed by atoms with Crippen molar-refractivity contribution in [1.29, 1.82) is 0 Å². The Hall–Kier alpha value is -1.09. The number of nitrogens with zero attached hydrogens (tertiary/aromatic N) is 1. The van der Waals surface area contributed by atoms with Crippen LogP contribution in [0.15, 0.2) is 18.2 Å². The van der Waals surface area contributed by atoms with Crippen LogP contribution in [-0.2, 0) is 6.54 Å². The predicted molar refractivity (Wildman–Crippen MR) is 83.6 cm³/mol. The van der Waals surface area contributed by atoms with Gasteiger partial charge in [0.1, 0.15) is 5.82 Å². The third-order valence-corrected chi connectivity index (χ3v) is 4.27. The summed E-state index contributed by atoms with van der Waals surface area (Å²) in [4.78, 5) is 2.12. The molecule has 0 heterocycles. The molecule has 0 radical (unpaired) electrons. The zero-order valence-electron chi connectivity index (χ0n) is 12.8. The second kappa shape index (κ2) is 7.63. The molecule has 1 N–H and O–H groups in total. The van der Waals surface area contributed by atoms with Gasteiger partial charge in [-0.1, -0.05) is 38.3 Å². The summed E-state index contributed by atoms with van der Waals surface area (Å²) in [6.07, 6.45) is 6.62. The topological polar surface area (TPSA) is 15.3 Å². The largest absolute Gasteiger partial charge is 0.372 e. The molecule has 1 aliphatic carbocycles. The zero-order chi connectivity index (χ0) is 14.4. The van der Waals surface area contributed by atoms with Crippen LogP contribution in [0.4, 0.5) is 10.1 Å². The van der Waals surface area contributed by atoms with Gasteiger partial charge >= 0.3 is 0 Å². The summed E-state index contributed by atoms with van der Waals surface area (Å²) < 4.78 is 14.2. The molecule has 0 saturated heterocycles. The lowest BCUT2D eigenvalue weighted by Crippen LogP contribution is -2.29. The maximum absolute atomic E-state index is 14.2. The molecule has 2 rings (SSSR count). The SMILES string of the molecule is CCNCc1cccc(F)c1N(C)CC1CCCCC1. The fourth-order valence-electron chi connectivity index (χ4n) is 3.24. The Kier molecular flexibility index (Phi) is 5.84. The van der Waals surface area contributed by atoms with E-state index in [0.717, 1.165) is 36.8 Å². The first-order valence-corrected chi connectivity index (χ1v) is 7.91. The standard InChI is InChI=1S/C17H27FN2/c1-3-19-12-15-10-7-11-16(18)17(15)20(2)13-14-8-5-4-6-9-14/h7,10-11,14,19H,3-6,8-9,12-13H2,1-2H3. The van der Waals surface area contributed by atoms with Gasteiger partial charge in [-0.3, -0.25) is 0 Å². The highest BCUT2D eigenvalue weighted by Crippen LogP contribution is 2.28. The number of nitrogens with one attached hydrogen (secondary N) is 1. The minimum Gasteiger partial charge on any atom is -0.372 e. The van der Waals surface area contributed by atoms with E-state index in [1.807, 2.05) is 13.1 Å². The minimum atomic E-state index is -0.0984. The second-order valence-corrected chi connectivity index (χ2v) is 5.91. The Morgan fingerprint density at radius 1 is 1.25 bits per heavy atom. The first kappa shape index (κ1) is 15.3. The van der Waals surface area contributed by atoms with Crippen molar-refractivity contribution in [2.75, 3.05) is 25.0 Å². The zero-order valence-corrected chi connectivity index (χ0v) is 12.8. The summed E-state index contributed by atoms with van der Waals surface area (Å²) in [6, 6.07) is 5.40. The van der Waals surface area contributed by atoms with Gasteiger partial charge in [0, 0.05) is 20.1 Å². The first-order valence-electron chi connectivity index (χ1n) is 7.91.